The molecule has 4 N–H and O–H groups in total. The molecule has 1 rings (SSSR count). The third-order valence-corrected chi connectivity index (χ3v) is 3.08. The average molecular weight is 217 g/mol. The fourth-order valence-corrected chi connectivity index (χ4v) is 1.88. The van der Waals surface area contributed by atoms with Crippen molar-refractivity contribution in [2.45, 2.75) is 17.9 Å². The van der Waals surface area contributed by atoms with Gasteiger partial charge in [-0.15, -0.1) is 11.8 Å². The Morgan fingerprint density at radius 2 is 2.23 bits per heavy atom. The molecule has 0 aliphatic heterocycles. The molecule has 1 atom stereocenters. The molecule has 0 aliphatic rings. The van der Waals surface area contributed by atoms with E-state index in [4.69, 9.17) is 23.1 Å². The summed E-state index contributed by atoms with van der Waals surface area (Å²) in [5.74, 6) is 0.867. The number of nitrogens with two attached hydrogens (primary N) is 2. The molecular weight excluding hydrogens is 204 g/mol. The van der Waals surface area contributed by atoms with Gasteiger partial charge < -0.3 is 11.5 Å². The van der Waals surface area contributed by atoms with Gasteiger partial charge in [-0.3, -0.25) is 0 Å². The third-order valence-electron chi connectivity index (χ3n) is 1.47. The van der Waals surface area contributed by atoms with Gasteiger partial charge in [-0.2, -0.15) is 0 Å². The standard InChI is InChI=1S/C9H13ClN2S/c1-6(11)5-13-9-3-2-7(10)4-8(9)12/h2-4,6H,5,11-12H2,1H3. The predicted octanol–water partition coefficient (Wildman–Crippen LogP) is 2.36. The highest BCUT2D eigenvalue weighted by atomic mass is 35.5. The van der Waals surface area contributed by atoms with Crippen LogP contribution in [0.4, 0.5) is 5.69 Å². The Labute approximate surface area is 87.6 Å². The maximum absolute atomic E-state index is 5.77. The van der Waals surface area contributed by atoms with Gasteiger partial charge in [-0.25, -0.2) is 0 Å². The van der Waals surface area contributed by atoms with E-state index in [0.717, 1.165) is 16.3 Å². The minimum atomic E-state index is 0.181. The first kappa shape index (κ1) is 10.7. The maximum atomic E-state index is 5.77. The largest absolute Gasteiger partial charge is 0.398 e. The molecule has 0 heterocycles. The molecule has 4 heteroatoms. The number of rotatable bonds is 3. The molecule has 0 spiro atoms. The SMILES string of the molecule is CC(N)CSc1ccc(Cl)cc1N. The highest BCUT2D eigenvalue weighted by Crippen LogP contribution is 2.27. The molecule has 0 fully saturated rings. The van der Waals surface area contributed by atoms with E-state index < -0.39 is 0 Å². The van der Waals surface area contributed by atoms with Crippen LogP contribution in [0.1, 0.15) is 6.92 Å². The van der Waals surface area contributed by atoms with E-state index in [0.29, 0.717) is 5.02 Å². The van der Waals surface area contributed by atoms with Gasteiger partial charge in [0.15, 0.2) is 0 Å². The number of anilines is 1. The van der Waals surface area contributed by atoms with E-state index in [9.17, 15) is 0 Å². The van der Waals surface area contributed by atoms with Crippen LogP contribution in [-0.4, -0.2) is 11.8 Å². The quantitative estimate of drug-likeness (QED) is 0.603. The summed E-state index contributed by atoms with van der Waals surface area (Å²) in [6.07, 6.45) is 0. The molecule has 1 aromatic carbocycles. The maximum Gasteiger partial charge on any atom is 0.0467 e. The van der Waals surface area contributed by atoms with Crippen LogP contribution >= 0.6 is 23.4 Å². The summed E-state index contributed by atoms with van der Waals surface area (Å²) in [6.45, 7) is 1.97. The van der Waals surface area contributed by atoms with Gasteiger partial charge in [-0.05, 0) is 25.1 Å². The molecule has 1 aromatic rings. The van der Waals surface area contributed by atoms with Gasteiger partial charge in [0.05, 0.1) is 0 Å². The molecule has 0 radical (unpaired) electrons. The number of halogens is 1. The lowest BCUT2D eigenvalue weighted by molar-refractivity contribution is 0.847. The Kier molecular flexibility index (Phi) is 3.90. The zero-order valence-corrected chi connectivity index (χ0v) is 9.03. The van der Waals surface area contributed by atoms with Crippen molar-refractivity contribution < 1.29 is 0 Å². The minimum absolute atomic E-state index is 0.181. The zero-order chi connectivity index (χ0) is 9.84. The van der Waals surface area contributed by atoms with E-state index in [1.807, 2.05) is 19.1 Å². The van der Waals surface area contributed by atoms with Crippen molar-refractivity contribution in [2.75, 3.05) is 11.5 Å². The topological polar surface area (TPSA) is 52.0 Å². The van der Waals surface area contributed by atoms with Crippen molar-refractivity contribution in [1.29, 1.82) is 0 Å². The predicted molar refractivity (Wildman–Crippen MR) is 60.2 cm³/mol. The number of thioether (sulfide) groups is 1. The molecule has 0 amide bonds. The van der Waals surface area contributed by atoms with Crippen molar-refractivity contribution in [3.8, 4) is 0 Å². The van der Waals surface area contributed by atoms with E-state index in [2.05, 4.69) is 0 Å². The van der Waals surface area contributed by atoms with Crippen LogP contribution in [0, 0.1) is 0 Å². The normalized spacial score (nSPS) is 12.8. The molecule has 0 aromatic heterocycles. The molecule has 0 saturated carbocycles. The highest BCUT2D eigenvalue weighted by Gasteiger charge is 2.02. The summed E-state index contributed by atoms with van der Waals surface area (Å²) in [5, 5.41) is 0.669. The van der Waals surface area contributed by atoms with Gasteiger partial charge >= 0.3 is 0 Å². The lowest BCUT2D eigenvalue weighted by atomic mass is 10.3. The summed E-state index contributed by atoms with van der Waals surface area (Å²) in [4.78, 5) is 1.04. The van der Waals surface area contributed by atoms with E-state index in [-0.39, 0.29) is 6.04 Å². The summed E-state index contributed by atoms with van der Waals surface area (Å²) in [7, 11) is 0. The van der Waals surface area contributed by atoms with Crippen molar-refractivity contribution in [1.82, 2.24) is 0 Å². The summed E-state index contributed by atoms with van der Waals surface area (Å²) < 4.78 is 0. The molecule has 72 valence electrons. The van der Waals surface area contributed by atoms with Gasteiger partial charge in [0.25, 0.3) is 0 Å². The number of hydrogen-bond acceptors (Lipinski definition) is 3. The fourth-order valence-electron chi connectivity index (χ4n) is 0.872. The van der Waals surface area contributed by atoms with Crippen LogP contribution in [0.25, 0.3) is 0 Å². The van der Waals surface area contributed by atoms with Gasteiger partial charge in [0.2, 0.25) is 0 Å². The Bertz CT molecular complexity index is 289. The van der Waals surface area contributed by atoms with Gasteiger partial charge in [0, 0.05) is 27.4 Å². The van der Waals surface area contributed by atoms with E-state index in [1.165, 1.54) is 0 Å². The fraction of sp³-hybridized carbons (Fsp3) is 0.333. The Morgan fingerprint density at radius 1 is 1.54 bits per heavy atom. The van der Waals surface area contributed by atoms with Crippen LogP contribution in [-0.2, 0) is 0 Å². The average Bonchev–Trinajstić information content (AvgIpc) is 2.02. The Morgan fingerprint density at radius 3 is 2.77 bits per heavy atom. The van der Waals surface area contributed by atoms with Crippen molar-refractivity contribution >= 4 is 29.1 Å². The highest BCUT2D eigenvalue weighted by molar-refractivity contribution is 7.99. The number of hydrogen-bond donors (Lipinski definition) is 2. The molecular formula is C9H13ClN2S. The van der Waals surface area contributed by atoms with Crippen LogP contribution < -0.4 is 11.5 Å². The zero-order valence-electron chi connectivity index (χ0n) is 7.46. The lowest BCUT2D eigenvalue weighted by Crippen LogP contribution is -2.17. The molecule has 1 unspecified atom stereocenters. The molecule has 0 bridgehead atoms. The van der Waals surface area contributed by atoms with Crippen LogP contribution in [0.3, 0.4) is 0 Å². The first-order valence-electron chi connectivity index (χ1n) is 4.03. The summed E-state index contributed by atoms with van der Waals surface area (Å²) >= 11 is 7.42. The Balaban J connectivity index is 2.67. The van der Waals surface area contributed by atoms with Crippen molar-refractivity contribution in [3.05, 3.63) is 23.2 Å². The monoisotopic (exact) mass is 216 g/mol. The summed E-state index contributed by atoms with van der Waals surface area (Å²) in [6, 6.07) is 5.69. The van der Waals surface area contributed by atoms with Gasteiger partial charge in [-0.1, -0.05) is 11.6 Å². The minimum Gasteiger partial charge on any atom is -0.398 e. The van der Waals surface area contributed by atoms with Crippen molar-refractivity contribution in [2.24, 2.45) is 5.73 Å². The molecule has 13 heavy (non-hydrogen) atoms. The van der Waals surface area contributed by atoms with Crippen molar-refractivity contribution in [3.63, 3.8) is 0 Å². The number of benzene rings is 1. The lowest BCUT2D eigenvalue weighted by Gasteiger charge is -2.07. The second-order valence-corrected chi connectivity index (χ2v) is 4.47. The van der Waals surface area contributed by atoms with Crippen LogP contribution in [0.15, 0.2) is 23.1 Å². The summed E-state index contributed by atoms with van der Waals surface area (Å²) in [5.41, 5.74) is 12.1. The smallest absolute Gasteiger partial charge is 0.0467 e. The Hall–Kier alpha value is -0.380. The van der Waals surface area contributed by atoms with Crippen LogP contribution in [0.2, 0.25) is 5.02 Å². The van der Waals surface area contributed by atoms with Gasteiger partial charge in [0.1, 0.15) is 0 Å². The number of nitrogen functional groups attached to an aromatic ring is 1. The third kappa shape index (κ3) is 3.46. The second-order valence-electron chi connectivity index (χ2n) is 2.97. The van der Waals surface area contributed by atoms with E-state index in [1.54, 1.807) is 17.8 Å². The van der Waals surface area contributed by atoms with E-state index >= 15 is 0 Å². The first-order chi connectivity index (χ1) is 6.09. The molecule has 2 nitrogen and oxygen atoms in total. The molecule has 0 saturated heterocycles. The second kappa shape index (κ2) is 4.74. The first-order valence-corrected chi connectivity index (χ1v) is 5.39. The van der Waals surface area contributed by atoms with Crippen LogP contribution in [0.5, 0.6) is 0 Å². The molecule has 0 aliphatic carbocycles.